The highest BCUT2D eigenvalue weighted by molar-refractivity contribution is 5.95. The second-order valence-electron chi connectivity index (χ2n) is 7.67. The molecule has 2 aromatic carbocycles. The topological polar surface area (TPSA) is 78.5 Å². The Kier molecular flexibility index (Phi) is 7.67. The van der Waals surface area contributed by atoms with Crippen molar-refractivity contribution in [1.29, 1.82) is 0 Å². The van der Waals surface area contributed by atoms with Gasteiger partial charge in [0.2, 0.25) is 5.91 Å². The maximum Gasteiger partial charge on any atom is 0.416 e. The number of carbonyl (C=O) groups is 3. The van der Waals surface area contributed by atoms with E-state index in [0.717, 1.165) is 24.3 Å². The molecular weight excluding hydrogens is 442 g/mol. The van der Waals surface area contributed by atoms with E-state index in [2.05, 4.69) is 10.6 Å². The van der Waals surface area contributed by atoms with Crippen LogP contribution in [-0.4, -0.2) is 48.8 Å². The van der Waals surface area contributed by atoms with Crippen LogP contribution in [0.5, 0.6) is 0 Å². The number of alkyl halides is 3. The monoisotopic (exact) mass is 465 g/mol. The third-order valence-electron chi connectivity index (χ3n) is 5.44. The molecule has 1 saturated heterocycles. The molecule has 0 aliphatic carbocycles. The first-order chi connectivity index (χ1) is 15.7. The summed E-state index contributed by atoms with van der Waals surface area (Å²) in [4.78, 5) is 38.3. The molecule has 1 aliphatic rings. The molecule has 0 radical (unpaired) electrons. The zero-order valence-corrected chi connectivity index (χ0v) is 17.6. The SMILES string of the molecule is O=C(NCCNC(=O)C1CCN(C(=O)c2ccc(C(F)(F)F)cc2)CC1)c1ccccc1F. The van der Waals surface area contributed by atoms with Crippen LogP contribution in [0.2, 0.25) is 0 Å². The molecule has 1 fully saturated rings. The Hall–Kier alpha value is -3.43. The van der Waals surface area contributed by atoms with Gasteiger partial charge in [-0.15, -0.1) is 0 Å². The van der Waals surface area contributed by atoms with Gasteiger partial charge in [-0.25, -0.2) is 4.39 Å². The van der Waals surface area contributed by atoms with Crippen molar-refractivity contribution >= 4 is 17.7 Å². The van der Waals surface area contributed by atoms with E-state index in [1.807, 2.05) is 0 Å². The smallest absolute Gasteiger partial charge is 0.354 e. The molecule has 1 aliphatic heterocycles. The summed E-state index contributed by atoms with van der Waals surface area (Å²) < 4.78 is 51.6. The van der Waals surface area contributed by atoms with Crippen LogP contribution in [0, 0.1) is 11.7 Å². The van der Waals surface area contributed by atoms with Crippen molar-refractivity contribution in [2.24, 2.45) is 5.92 Å². The van der Waals surface area contributed by atoms with E-state index in [1.54, 1.807) is 6.07 Å². The van der Waals surface area contributed by atoms with Gasteiger partial charge >= 0.3 is 6.18 Å². The third kappa shape index (κ3) is 6.30. The summed E-state index contributed by atoms with van der Waals surface area (Å²) in [6.45, 7) is 0.914. The quantitative estimate of drug-likeness (QED) is 0.508. The fraction of sp³-hybridized carbons (Fsp3) is 0.348. The molecule has 0 bridgehead atoms. The van der Waals surface area contributed by atoms with Gasteiger partial charge in [0.1, 0.15) is 5.82 Å². The van der Waals surface area contributed by atoms with Gasteiger partial charge in [-0.05, 0) is 49.2 Å². The fourth-order valence-corrected chi connectivity index (χ4v) is 3.58. The first kappa shape index (κ1) is 24.2. The van der Waals surface area contributed by atoms with E-state index in [-0.39, 0.29) is 41.9 Å². The minimum atomic E-state index is -4.46. The summed E-state index contributed by atoms with van der Waals surface area (Å²) in [6.07, 6.45) is -3.63. The molecule has 3 amide bonds. The molecule has 1 heterocycles. The van der Waals surface area contributed by atoms with E-state index >= 15 is 0 Å². The van der Waals surface area contributed by atoms with Crippen LogP contribution < -0.4 is 10.6 Å². The predicted octanol–water partition coefficient (Wildman–Crippen LogP) is 3.24. The number of hydrogen-bond acceptors (Lipinski definition) is 3. The summed E-state index contributed by atoms with van der Waals surface area (Å²) >= 11 is 0. The average Bonchev–Trinajstić information content (AvgIpc) is 2.81. The summed E-state index contributed by atoms with van der Waals surface area (Å²) in [5, 5.41) is 5.25. The van der Waals surface area contributed by atoms with Crippen molar-refractivity contribution in [1.82, 2.24) is 15.5 Å². The normalized spacial score (nSPS) is 14.6. The molecule has 3 rings (SSSR count). The number of likely N-dealkylation sites (tertiary alicyclic amines) is 1. The number of piperidine rings is 1. The number of halogens is 4. The first-order valence-electron chi connectivity index (χ1n) is 10.4. The van der Waals surface area contributed by atoms with Crippen LogP contribution in [0.1, 0.15) is 39.1 Å². The van der Waals surface area contributed by atoms with E-state index < -0.39 is 23.5 Å². The fourth-order valence-electron chi connectivity index (χ4n) is 3.58. The van der Waals surface area contributed by atoms with Gasteiger partial charge in [0.15, 0.2) is 0 Å². The van der Waals surface area contributed by atoms with Crippen molar-refractivity contribution in [3.8, 4) is 0 Å². The largest absolute Gasteiger partial charge is 0.416 e. The van der Waals surface area contributed by atoms with Crippen molar-refractivity contribution in [3.05, 3.63) is 71.0 Å². The first-order valence-corrected chi connectivity index (χ1v) is 10.4. The highest BCUT2D eigenvalue weighted by atomic mass is 19.4. The molecule has 0 saturated carbocycles. The molecule has 0 spiro atoms. The van der Waals surface area contributed by atoms with Gasteiger partial charge in [0, 0.05) is 37.7 Å². The maximum atomic E-state index is 13.6. The van der Waals surface area contributed by atoms with E-state index in [1.165, 1.54) is 23.1 Å². The molecular formula is C23H23F4N3O3. The lowest BCUT2D eigenvalue weighted by molar-refractivity contribution is -0.137. The van der Waals surface area contributed by atoms with Gasteiger partial charge in [0.25, 0.3) is 11.8 Å². The Morgan fingerprint density at radius 2 is 1.52 bits per heavy atom. The Balaban J connectivity index is 1.40. The molecule has 0 unspecified atom stereocenters. The second-order valence-corrected chi connectivity index (χ2v) is 7.67. The van der Waals surface area contributed by atoms with E-state index in [9.17, 15) is 31.9 Å². The van der Waals surface area contributed by atoms with Crippen molar-refractivity contribution in [3.63, 3.8) is 0 Å². The molecule has 2 N–H and O–H groups in total. The highest BCUT2D eigenvalue weighted by Crippen LogP contribution is 2.29. The zero-order chi connectivity index (χ0) is 24.0. The number of nitrogens with one attached hydrogen (secondary N) is 2. The number of carbonyl (C=O) groups excluding carboxylic acids is 3. The number of amides is 3. The van der Waals surface area contributed by atoms with Gasteiger partial charge in [-0.3, -0.25) is 14.4 Å². The maximum absolute atomic E-state index is 13.6. The van der Waals surface area contributed by atoms with E-state index in [4.69, 9.17) is 0 Å². The van der Waals surface area contributed by atoms with Gasteiger partial charge < -0.3 is 15.5 Å². The Morgan fingerprint density at radius 1 is 0.909 bits per heavy atom. The lowest BCUT2D eigenvalue weighted by Crippen LogP contribution is -2.44. The number of benzene rings is 2. The van der Waals surface area contributed by atoms with Crippen LogP contribution >= 0.6 is 0 Å². The second kappa shape index (κ2) is 10.5. The zero-order valence-electron chi connectivity index (χ0n) is 17.6. The summed E-state index contributed by atoms with van der Waals surface area (Å²) in [5.41, 5.74) is -0.732. The van der Waals surface area contributed by atoms with Crippen LogP contribution in [0.3, 0.4) is 0 Å². The molecule has 0 atom stereocenters. The number of rotatable bonds is 6. The number of hydrogen-bond donors (Lipinski definition) is 2. The summed E-state index contributed by atoms with van der Waals surface area (Å²) in [7, 11) is 0. The minimum absolute atomic E-state index is 0.0751. The van der Waals surface area contributed by atoms with Gasteiger partial charge in [-0.1, -0.05) is 12.1 Å². The van der Waals surface area contributed by atoms with Gasteiger partial charge in [0.05, 0.1) is 11.1 Å². The van der Waals surface area contributed by atoms with Crippen molar-refractivity contribution in [2.45, 2.75) is 19.0 Å². The standard InChI is InChI=1S/C23H23F4N3O3/c24-19-4-2-1-3-18(19)21(32)29-12-11-28-20(31)15-9-13-30(14-10-15)22(33)16-5-7-17(8-6-16)23(25,26)27/h1-8,15H,9-14H2,(H,28,31)(H,29,32). The highest BCUT2D eigenvalue weighted by Gasteiger charge is 2.31. The lowest BCUT2D eigenvalue weighted by Gasteiger charge is -2.31. The van der Waals surface area contributed by atoms with Crippen LogP contribution in [0.15, 0.2) is 48.5 Å². The predicted molar refractivity (Wildman–Crippen MR) is 112 cm³/mol. The van der Waals surface area contributed by atoms with Crippen molar-refractivity contribution in [2.75, 3.05) is 26.2 Å². The number of nitrogens with zero attached hydrogens (tertiary/aromatic N) is 1. The molecule has 0 aromatic heterocycles. The Bertz CT molecular complexity index is 1000. The Morgan fingerprint density at radius 3 is 2.12 bits per heavy atom. The molecule has 10 heteroatoms. The van der Waals surface area contributed by atoms with Crippen LogP contribution in [0.25, 0.3) is 0 Å². The third-order valence-corrected chi connectivity index (χ3v) is 5.44. The molecule has 2 aromatic rings. The van der Waals surface area contributed by atoms with E-state index in [0.29, 0.717) is 25.9 Å². The van der Waals surface area contributed by atoms with Crippen LogP contribution in [0.4, 0.5) is 17.6 Å². The summed E-state index contributed by atoms with van der Waals surface area (Å²) in [6, 6.07) is 9.63. The molecule has 33 heavy (non-hydrogen) atoms. The Labute approximate surface area is 188 Å². The summed E-state index contributed by atoms with van der Waals surface area (Å²) in [5.74, 6) is -2.10. The lowest BCUT2D eigenvalue weighted by atomic mass is 9.95. The molecule has 6 nitrogen and oxygen atoms in total. The average molecular weight is 465 g/mol. The minimum Gasteiger partial charge on any atom is -0.354 e. The van der Waals surface area contributed by atoms with Gasteiger partial charge in [-0.2, -0.15) is 13.2 Å². The van der Waals surface area contributed by atoms with Crippen LogP contribution in [-0.2, 0) is 11.0 Å². The molecule has 176 valence electrons. The van der Waals surface area contributed by atoms with Crippen molar-refractivity contribution < 1.29 is 31.9 Å².